The summed E-state index contributed by atoms with van der Waals surface area (Å²) in [4.78, 5) is 12.1. The largest absolute Gasteiger partial charge is 0.485 e. The van der Waals surface area contributed by atoms with Crippen molar-refractivity contribution in [1.82, 2.24) is 5.32 Å². The molecular weight excluding hydrogens is 294 g/mol. The molecule has 1 amide bonds. The molecule has 0 aliphatic carbocycles. The molecule has 0 spiro atoms. The van der Waals surface area contributed by atoms with Gasteiger partial charge in [-0.2, -0.15) is 0 Å². The Hall–Kier alpha value is -1.76. The molecule has 0 unspecified atom stereocenters. The summed E-state index contributed by atoms with van der Waals surface area (Å²) in [6.45, 7) is 0.519. The summed E-state index contributed by atoms with van der Waals surface area (Å²) < 4.78 is 33.8. The highest BCUT2D eigenvalue weighted by atomic mass is 32.2. The standard InChI is InChI=1S/C14H17NO5S/c16-14(15-7-10-5-6-21(17,18)9-10)13-8-19-11-3-1-2-4-12(11)20-13/h1-4,10,13H,5-9H2,(H,15,16)/t10-,13+/m1/s1. The summed E-state index contributed by atoms with van der Waals surface area (Å²) in [5.41, 5.74) is 0. The number of hydrogen-bond donors (Lipinski definition) is 1. The molecule has 1 aromatic rings. The van der Waals surface area contributed by atoms with E-state index in [1.54, 1.807) is 12.1 Å². The maximum absolute atomic E-state index is 12.1. The number of carbonyl (C=O) groups is 1. The Morgan fingerprint density at radius 1 is 1.29 bits per heavy atom. The maximum Gasteiger partial charge on any atom is 0.264 e. The average molecular weight is 311 g/mol. The van der Waals surface area contributed by atoms with Crippen molar-refractivity contribution in [3.63, 3.8) is 0 Å². The van der Waals surface area contributed by atoms with E-state index in [-0.39, 0.29) is 29.9 Å². The van der Waals surface area contributed by atoms with Crippen LogP contribution in [0.5, 0.6) is 11.5 Å². The Balaban J connectivity index is 1.53. The molecule has 0 aromatic heterocycles. The van der Waals surface area contributed by atoms with Crippen LogP contribution in [-0.2, 0) is 14.6 Å². The number of rotatable bonds is 3. The maximum atomic E-state index is 12.1. The van der Waals surface area contributed by atoms with E-state index in [1.807, 2.05) is 12.1 Å². The van der Waals surface area contributed by atoms with Gasteiger partial charge >= 0.3 is 0 Å². The third-order valence-electron chi connectivity index (χ3n) is 3.69. The molecule has 0 radical (unpaired) electrons. The lowest BCUT2D eigenvalue weighted by Gasteiger charge is -2.25. The first-order valence-corrected chi connectivity index (χ1v) is 8.72. The van der Waals surface area contributed by atoms with Crippen molar-refractivity contribution in [2.75, 3.05) is 24.7 Å². The van der Waals surface area contributed by atoms with Crippen molar-refractivity contribution < 1.29 is 22.7 Å². The summed E-state index contributed by atoms with van der Waals surface area (Å²) in [6, 6.07) is 7.18. The molecule has 7 heteroatoms. The first-order chi connectivity index (χ1) is 10.0. The van der Waals surface area contributed by atoms with Crippen molar-refractivity contribution in [2.45, 2.75) is 12.5 Å². The number of amides is 1. The summed E-state index contributed by atoms with van der Waals surface area (Å²) in [5.74, 6) is 1.27. The highest BCUT2D eigenvalue weighted by Gasteiger charge is 2.31. The molecule has 1 saturated heterocycles. The number of hydrogen-bond acceptors (Lipinski definition) is 5. The van der Waals surface area contributed by atoms with Gasteiger partial charge in [0.15, 0.2) is 21.3 Å². The van der Waals surface area contributed by atoms with Gasteiger partial charge in [0.05, 0.1) is 11.5 Å². The van der Waals surface area contributed by atoms with E-state index in [9.17, 15) is 13.2 Å². The molecular formula is C14H17NO5S. The van der Waals surface area contributed by atoms with Crippen LogP contribution in [0, 0.1) is 5.92 Å². The molecule has 2 atom stereocenters. The lowest BCUT2D eigenvalue weighted by molar-refractivity contribution is -0.130. The van der Waals surface area contributed by atoms with Crippen molar-refractivity contribution in [3.05, 3.63) is 24.3 Å². The fraction of sp³-hybridized carbons (Fsp3) is 0.500. The Morgan fingerprint density at radius 2 is 2.05 bits per heavy atom. The van der Waals surface area contributed by atoms with Crippen LogP contribution in [0.15, 0.2) is 24.3 Å². The molecule has 3 rings (SSSR count). The van der Waals surface area contributed by atoms with Crippen LogP contribution in [0.4, 0.5) is 0 Å². The zero-order valence-electron chi connectivity index (χ0n) is 11.4. The van der Waals surface area contributed by atoms with Gasteiger partial charge in [-0.15, -0.1) is 0 Å². The number of nitrogens with one attached hydrogen (secondary N) is 1. The second-order valence-electron chi connectivity index (χ2n) is 5.38. The van der Waals surface area contributed by atoms with Crippen LogP contribution in [0.1, 0.15) is 6.42 Å². The number of benzene rings is 1. The quantitative estimate of drug-likeness (QED) is 0.872. The van der Waals surface area contributed by atoms with Crippen LogP contribution < -0.4 is 14.8 Å². The van der Waals surface area contributed by atoms with Crippen LogP contribution in [0.2, 0.25) is 0 Å². The van der Waals surface area contributed by atoms with Crippen molar-refractivity contribution in [2.24, 2.45) is 5.92 Å². The minimum Gasteiger partial charge on any atom is -0.485 e. The molecule has 2 heterocycles. The van der Waals surface area contributed by atoms with E-state index >= 15 is 0 Å². The number of sulfone groups is 1. The zero-order chi connectivity index (χ0) is 14.9. The highest BCUT2D eigenvalue weighted by Crippen LogP contribution is 2.30. The van der Waals surface area contributed by atoms with Gasteiger partial charge in [-0.3, -0.25) is 4.79 Å². The van der Waals surface area contributed by atoms with Crippen LogP contribution in [0.25, 0.3) is 0 Å². The lowest BCUT2D eigenvalue weighted by atomic mass is 10.1. The fourth-order valence-electron chi connectivity index (χ4n) is 2.54. The molecule has 1 aromatic carbocycles. The summed E-state index contributed by atoms with van der Waals surface area (Å²) in [7, 11) is -2.92. The number of para-hydroxylation sites is 2. The average Bonchev–Trinajstić information content (AvgIpc) is 2.83. The smallest absolute Gasteiger partial charge is 0.264 e. The topological polar surface area (TPSA) is 81.7 Å². The lowest BCUT2D eigenvalue weighted by Crippen LogP contribution is -2.45. The molecule has 0 bridgehead atoms. The molecule has 0 saturated carbocycles. The van der Waals surface area contributed by atoms with E-state index in [0.717, 1.165) is 0 Å². The molecule has 114 valence electrons. The van der Waals surface area contributed by atoms with E-state index in [0.29, 0.717) is 24.5 Å². The van der Waals surface area contributed by atoms with E-state index in [1.165, 1.54) is 0 Å². The SMILES string of the molecule is O=C(NC[C@H]1CCS(=O)(=O)C1)[C@@H]1COc2ccccc2O1. The van der Waals surface area contributed by atoms with Gasteiger partial charge in [0.1, 0.15) is 6.61 Å². The minimum absolute atomic E-state index is 0.00394. The predicted molar refractivity (Wildman–Crippen MR) is 76.1 cm³/mol. The van der Waals surface area contributed by atoms with Gasteiger partial charge in [0.2, 0.25) is 6.10 Å². The van der Waals surface area contributed by atoms with Crippen LogP contribution in [-0.4, -0.2) is 45.1 Å². The molecule has 1 N–H and O–H groups in total. The Labute approximate surface area is 123 Å². The van der Waals surface area contributed by atoms with Crippen LogP contribution in [0.3, 0.4) is 0 Å². The summed E-state index contributed by atoms with van der Waals surface area (Å²) in [5, 5.41) is 2.75. The van der Waals surface area contributed by atoms with Crippen molar-refractivity contribution in [1.29, 1.82) is 0 Å². The third-order valence-corrected chi connectivity index (χ3v) is 5.53. The van der Waals surface area contributed by atoms with Gasteiger partial charge in [0, 0.05) is 6.54 Å². The molecule has 1 fully saturated rings. The predicted octanol–water partition coefficient (Wildman–Crippen LogP) is 0.377. The van der Waals surface area contributed by atoms with E-state index in [2.05, 4.69) is 5.32 Å². The zero-order valence-corrected chi connectivity index (χ0v) is 12.3. The molecule has 2 aliphatic rings. The third kappa shape index (κ3) is 3.29. The summed E-state index contributed by atoms with van der Waals surface area (Å²) in [6.07, 6.45) is -0.0917. The normalized spacial score (nSPS) is 26.3. The van der Waals surface area contributed by atoms with Gasteiger partial charge in [-0.25, -0.2) is 8.42 Å². The second kappa shape index (κ2) is 5.55. The summed E-state index contributed by atoms with van der Waals surface area (Å²) >= 11 is 0. The van der Waals surface area contributed by atoms with Gasteiger partial charge in [-0.05, 0) is 24.5 Å². The molecule has 2 aliphatic heterocycles. The Morgan fingerprint density at radius 3 is 2.76 bits per heavy atom. The second-order valence-corrected chi connectivity index (χ2v) is 7.61. The first-order valence-electron chi connectivity index (χ1n) is 6.90. The Kier molecular flexibility index (Phi) is 3.75. The van der Waals surface area contributed by atoms with Gasteiger partial charge in [0.25, 0.3) is 5.91 Å². The first kappa shape index (κ1) is 14.2. The van der Waals surface area contributed by atoms with Gasteiger partial charge in [-0.1, -0.05) is 12.1 Å². The highest BCUT2D eigenvalue weighted by molar-refractivity contribution is 7.91. The van der Waals surface area contributed by atoms with Crippen LogP contribution >= 0.6 is 0 Å². The number of fused-ring (bicyclic) bond motifs is 1. The molecule has 6 nitrogen and oxygen atoms in total. The Bertz CT molecular complexity index is 643. The monoisotopic (exact) mass is 311 g/mol. The van der Waals surface area contributed by atoms with Gasteiger partial charge < -0.3 is 14.8 Å². The number of carbonyl (C=O) groups excluding carboxylic acids is 1. The minimum atomic E-state index is -2.92. The van der Waals surface area contributed by atoms with Crippen molar-refractivity contribution in [3.8, 4) is 11.5 Å². The van der Waals surface area contributed by atoms with E-state index in [4.69, 9.17) is 9.47 Å². The van der Waals surface area contributed by atoms with Crippen molar-refractivity contribution >= 4 is 15.7 Å². The number of ether oxygens (including phenoxy) is 2. The van der Waals surface area contributed by atoms with E-state index < -0.39 is 15.9 Å². The fourth-order valence-corrected chi connectivity index (χ4v) is 4.40. The molecule has 21 heavy (non-hydrogen) atoms.